The summed E-state index contributed by atoms with van der Waals surface area (Å²) in [5.41, 5.74) is 0.718. The summed E-state index contributed by atoms with van der Waals surface area (Å²) in [6, 6.07) is 3.16. The quantitative estimate of drug-likeness (QED) is 0.668. The van der Waals surface area contributed by atoms with Gasteiger partial charge in [0.15, 0.2) is 11.5 Å². The highest BCUT2D eigenvalue weighted by Crippen LogP contribution is 2.32. The summed E-state index contributed by atoms with van der Waals surface area (Å²) in [4.78, 5) is 10.1. The standard InChI is InChI=1S/C10H9BrO3/c1-14-10-6-8(11)7(3-2-4-12)5-9(10)13/h2-6,13H,1H3/b3-2+. The minimum Gasteiger partial charge on any atom is -0.504 e. The lowest BCUT2D eigenvalue weighted by Gasteiger charge is -2.05. The van der Waals surface area contributed by atoms with Crippen LogP contribution in [0.25, 0.3) is 6.08 Å². The minimum atomic E-state index is 0.0428. The van der Waals surface area contributed by atoms with E-state index in [9.17, 15) is 9.90 Å². The first kappa shape index (κ1) is 10.8. The third-order valence-corrected chi connectivity index (χ3v) is 2.34. The number of ether oxygens (including phenoxy) is 1. The van der Waals surface area contributed by atoms with Crippen molar-refractivity contribution in [2.45, 2.75) is 0 Å². The molecule has 14 heavy (non-hydrogen) atoms. The summed E-state index contributed by atoms with van der Waals surface area (Å²) in [6.07, 6.45) is 3.62. The number of aldehydes is 1. The Bertz CT molecular complexity index is 372. The van der Waals surface area contributed by atoms with Crippen LogP contribution in [0.5, 0.6) is 11.5 Å². The Balaban J connectivity index is 3.14. The second-order valence-electron chi connectivity index (χ2n) is 2.54. The minimum absolute atomic E-state index is 0.0428. The van der Waals surface area contributed by atoms with Gasteiger partial charge in [0.05, 0.1) is 7.11 Å². The molecule has 1 rings (SSSR count). The van der Waals surface area contributed by atoms with E-state index in [4.69, 9.17) is 4.74 Å². The molecule has 0 radical (unpaired) electrons. The molecule has 0 aliphatic rings. The summed E-state index contributed by atoms with van der Waals surface area (Å²) in [7, 11) is 1.47. The summed E-state index contributed by atoms with van der Waals surface area (Å²) in [5, 5.41) is 9.45. The van der Waals surface area contributed by atoms with Crippen molar-refractivity contribution in [2.75, 3.05) is 7.11 Å². The van der Waals surface area contributed by atoms with Crippen molar-refractivity contribution in [1.29, 1.82) is 0 Å². The molecule has 0 atom stereocenters. The van der Waals surface area contributed by atoms with Gasteiger partial charge < -0.3 is 9.84 Å². The normalized spacial score (nSPS) is 10.4. The number of methoxy groups -OCH3 is 1. The largest absolute Gasteiger partial charge is 0.504 e. The van der Waals surface area contributed by atoms with Crippen LogP contribution >= 0.6 is 15.9 Å². The molecule has 0 spiro atoms. The Morgan fingerprint density at radius 2 is 2.21 bits per heavy atom. The fraction of sp³-hybridized carbons (Fsp3) is 0.100. The zero-order chi connectivity index (χ0) is 10.6. The highest BCUT2D eigenvalue weighted by atomic mass is 79.9. The molecule has 0 aliphatic heterocycles. The first-order chi connectivity index (χ1) is 6.69. The molecular weight excluding hydrogens is 248 g/mol. The Kier molecular flexibility index (Phi) is 3.71. The van der Waals surface area contributed by atoms with E-state index in [2.05, 4.69) is 15.9 Å². The topological polar surface area (TPSA) is 46.5 Å². The SMILES string of the molecule is COc1cc(Br)c(/C=C/C=O)cc1O. The monoisotopic (exact) mass is 256 g/mol. The van der Waals surface area contributed by atoms with E-state index >= 15 is 0 Å². The molecule has 0 bridgehead atoms. The van der Waals surface area contributed by atoms with Crippen molar-refractivity contribution in [3.8, 4) is 11.5 Å². The molecule has 0 aliphatic carbocycles. The van der Waals surface area contributed by atoms with Crippen LogP contribution in [0.2, 0.25) is 0 Å². The predicted octanol–water partition coefficient (Wildman–Crippen LogP) is 2.38. The summed E-state index contributed by atoms with van der Waals surface area (Å²) < 4.78 is 5.67. The van der Waals surface area contributed by atoms with Crippen molar-refractivity contribution in [3.05, 3.63) is 28.2 Å². The lowest BCUT2D eigenvalue weighted by atomic mass is 10.2. The molecule has 1 aromatic rings. The maximum atomic E-state index is 10.1. The van der Waals surface area contributed by atoms with Gasteiger partial charge in [-0.05, 0) is 23.8 Å². The number of aromatic hydroxyl groups is 1. The molecule has 0 aromatic heterocycles. The van der Waals surface area contributed by atoms with Crippen LogP contribution in [0.1, 0.15) is 5.56 Å². The molecule has 0 saturated carbocycles. The van der Waals surface area contributed by atoms with Crippen LogP contribution in [0.4, 0.5) is 0 Å². The van der Waals surface area contributed by atoms with Gasteiger partial charge in [0, 0.05) is 4.47 Å². The van der Waals surface area contributed by atoms with Gasteiger partial charge in [-0.1, -0.05) is 22.0 Å². The fourth-order valence-electron chi connectivity index (χ4n) is 0.994. The van der Waals surface area contributed by atoms with Gasteiger partial charge in [-0.25, -0.2) is 0 Å². The van der Waals surface area contributed by atoms with Crippen molar-refractivity contribution < 1.29 is 14.6 Å². The number of rotatable bonds is 3. The van der Waals surface area contributed by atoms with E-state index in [1.807, 2.05) is 0 Å². The number of benzene rings is 1. The van der Waals surface area contributed by atoms with Gasteiger partial charge in [0.1, 0.15) is 6.29 Å². The Labute approximate surface area is 90.1 Å². The van der Waals surface area contributed by atoms with Gasteiger partial charge >= 0.3 is 0 Å². The number of phenolic OH excluding ortho intramolecular Hbond substituents is 1. The molecule has 0 unspecified atom stereocenters. The van der Waals surface area contributed by atoms with Crippen LogP contribution in [-0.2, 0) is 4.79 Å². The smallest absolute Gasteiger partial charge is 0.161 e. The van der Waals surface area contributed by atoms with Crippen LogP contribution < -0.4 is 4.74 Å². The van der Waals surface area contributed by atoms with E-state index < -0.39 is 0 Å². The molecule has 0 fully saturated rings. The van der Waals surface area contributed by atoms with Crippen molar-refractivity contribution in [1.82, 2.24) is 0 Å². The molecule has 4 heteroatoms. The van der Waals surface area contributed by atoms with Gasteiger partial charge in [0.25, 0.3) is 0 Å². The van der Waals surface area contributed by atoms with Gasteiger partial charge in [0.2, 0.25) is 0 Å². The summed E-state index contributed by atoms with van der Waals surface area (Å²) in [5.74, 6) is 0.432. The maximum absolute atomic E-state index is 10.1. The number of carbonyl (C=O) groups is 1. The Morgan fingerprint density at radius 3 is 2.79 bits per heavy atom. The average molecular weight is 257 g/mol. The molecule has 0 heterocycles. The van der Waals surface area contributed by atoms with Gasteiger partial charge in [-0.2, -0.15) is 0 Å². The van der Waals surface area contributed by atoms with E-state index in [1.165, 1.54) is 19.3 Å². The van der Waals surface area contributed by atoms with Crippen LogP contribution in [0.3, 0.4) is 0 Å². The van der Waals surface area contributed by atoms with Gasteiger partial charge in [-0.3, -0.25) is 4.79 Å². The predicted molar refractivity (Wildman–Crippen MR) is 57.5 cm³/mol. The first-order valence-corrected chi connectivity index (χ1v) is 4.66. The molecule has 0 saturated heterocycles. The average Bonchev–Trinajstić information content (AvgIpc) is 2.18. The highest BCUT2D eigenvalue weighted by molar-refractivity contribution is 9.10. The number of carbonyl (C=O) groups excluding carboxylic acids is 1. The van der Waals surface area contributed by atoms with Crippen molar-refractivity contribution in [3.63, 3.8) is 0 Å². The second kappa shape index (κ2) is 4.81. The van der Waals surface area contributed by atoms with Crippen molar-refractivity contribution in [2.24, 2.45) is 0 Å². The van der Waals surface area contributed by atoms with E-state index in [0.29, 0.717) is 12.0 Å². The zero-order valence-corrected chi connectivity index (χ0v) is 9.11. The third-order valence-electron chi connectivity index (χ3n) is 1.65. The number of halogens is 1. The fourth-order valence-corrected chi connectivity index (χ4v) is 1.45. The first-order valence-electron chi connectivity index (χ1n) is 3.87. The summed E-state index contributed by atoms with van der Waals surface area (Å²) >= 11 is 3.29. The summed E-state index contributed by atoms with van der Waals surface area (Å²) in [6.45, 7) is 0. The van der Waals surface area contributed by atoms with E-state index in [-0.39, 0.29) is 5.75 Å². The number of hydrogen-bond donors (Lipinski definition) is 1. The third kappa shape index (κ3) is 2.35. The van der Waals surface area contributed by atoms with Crippen LogP contribution in [0, 0.1) is 0 Å². The Morgan fingerprint density at radius 1 is 1.50 bits per heavy atom. The highest BCUT2D eigenvalue weighted by Gasteiger charge is 2.05. The lowest BCUT2D eigenvalue weighted by Crippen LogP contribution is -1.85. The molecule has 1 aromatic carbocycles. The molecule has 1 N–H and O–H groups in total. The number of hydrogen-bond acceptors (Lipinski definition) is 3. The number of allylic oxidation sites excluding steroid dienone is 1. The Hall–Kier alpha value is -1.29. The zero-order valence-electron chi connectivity index (χ0n) is 7.53. The molecular formula is C10H9BrO3. The van der Waals surface area contributed by atoms with E-state index in [0.717, 1.165) is 10.0 Å². The number of phenols is 1. The second-order valence-corrected chi connectivity index (χ2v) is 3.40. The lowest BCUT2D eigenvalue weighted by molar-refractivity contribution is -0.104. The van der Waals surface area contributed by atoms with E-state index in [1.54, 1.807) is 12.1 Å². The van der Waals surface area contributed by atoms with Crippen LogP contribution in [-0.4, -0.2) is 18.5 Å². The molecule has 74 valence electrons. The molecule has 0 amide bonds. The molecule has 3 nitrogen and oxygen atoms in total. The van der Waals surface area contributed by atoms with Crippen LogP contribution in [0.15, 0.2) is 22.7 Å². The van der Waals surface area contributed by atoms with Gasteiger partial charge in [-0.15, -0.1) is 0 Å². The maximum Gasteiger partial charge on any atom is 0.161 e. The van der Waals surface area contributed by atoms with Crippen molar-refractivity contribution >= 4 is 28.3 Å².